The highest BCUT2D eigenvalue weighted by Crippen LogP contribution is 2.17. The third kappa shape index (κ3) is 9.14. The van der Waals surface area contributed by atoms with Gasteiger partial charge >= 0.3 is 10.4 Å². The minimum Gasteiger partial charge on any atom is -0.394 e. The second-order valence-electron chi connectivity index (χ2n) is 3.25. The number of aliphatic hydroxyl groups is 4. The molecule has 0 aromatic carbocycles. The standard InChI is InChI=1S/C6H13NO5.2H3N.H2O4S/c7-3-5(10)4(9)2(1-8)12-6(3)11;;;1-5(2,3)4/h2-6,8-11H,1,7H2;2*1H3;(H2,1,2,3,4)/t2-,3-,4-,5-,6?;;;/m1.../s1. The van der Waals surface area contributed by atoms with Crippen LogP contribution in [0, 0.1) is 0 Å². The quantitative estimate of drug-likeness (QED) is 0.213. The Balaban J connectivity index is -0.000000320. The molecule has 1 heterocycles. The summed E-state index contributed by atoms with van der Waals surface area (Å²) in [5.74, 6) is 0. The predicted octanol–water partition coefficient (Wildman–Crippen LogP) is -3.58. The van der Waals surface area contributed by atoms with Crippen LogP contribution in [-0.2, 0) is 15.1 Å². The molecule has 5 atom stereocenters. The molecule has 1 saturated heterocycles. The first-order valence-corrected chi connectivity index (χ1v) is 5.73. The zero-order valence-electron chi connectivity index (χ0n) is 9.90. The van der Waals surface area contributed by atoms with Crippen LogP contribution in [0.5, 0.6) is 0 Å². The normalized spacial score (nSPS) is 34.2. The Morgan fingerprint density at radius 1 is 1.05 bits per heavy atom. The summed E-state index contributed by atoms with van der Waals surface area (Å²) in [6, 6.07) is -1.04. The van der Waals surface area contributed by atoms with E-state index in [0.717, 1.165) is 0 Å². The Hall–Kier alpha value is -0.450. The summed E-state index contributed by atoms with van der Waals surface area (Å²) >= 11 is 0. The van der Waals surface area contributed by atoms with Gasteiger partial charge in [-0.1, -0.05) is 0 Å². The molecule has 12 nitrogen and oxygen atoms in total. The van der Waals surface area contributed by atoms with E-state index in [-0.39, 0.29) is 12.3 Å². The number of ether oxygens (including phenoxy) is 1. The average Bonchev–Trinajstić information content (AvgIpc) is 2.18. The molecule has 0 bridgehead atoms. The molecule has 0 radical (unpaired) electrons. The zero-order valence-corrected chi connectivity index (χ0v) is 10.7. The van der Waals surface area contributed by atoms with Gasteiger partial charge < -0.3 is 43.2 Å². The third-order valence-electron chi connectivity index (χ3n) is 1.95. The molecule has 0 saturated carbocycles. The topological polar surface area (TPSA) is 261 Å². The van der Waals surface area contributed by atoms with Crippen molar-refractivity contribution in [2.24, 2.45) is 5.73 Å². The van der Waals surface area contributed by atoms with Gasteiger partial charge in [-0.15, -0.1) is 0 Å². The highest BCUT2D eigenvalue weighted by molar-refractivity contribution is 7.79. The summed E-state index contributed by atoms with van der Waals surface area (Å²) in [7, 11) is -4.67. The van der Waals surface area contributed by atoms with Crippen LogP contribution in [0.15, 0.2) is 0 Å². The molecule has 1 aliphatic rings. The lowest BCUT2D eigenvalue weighted by Gasteiger charge is -2.38. The fraction of sp³-hybridized carbons (Fsp3) is 1.00. The molecule has 1 aliphatic heterocycles. The Kier molecular flexibility index (Phi) is 11.8. The maximum Gasteiger partial charge on any atom is 0.394 e. The Morgan fingerprint density at radius 2 is 1.42 bits per heavy atom. The fourth-order valence-electron chi connectivity index (χ4n) is 1.12. The van der Waals surface area contributed by atoms with Gasteiger partial charge in [0.2, 0.25) is 0 Å². The molecular formula is C6H21N3O9S. The van der Waals surface area contributed by atoms with Gasteiger partial charge in [-0.05, 0) is 0 Å². The lowest BCUT2D eigenvalue weighted by molar-refractivity contribution is -0.248. The fourth-order valence-corrected chi connectivity index (χ4v) is 1.12. The minimum absolute atomic E-state index is 0. The van der Waals surface area contributed by atoms with Crippen molar-refractivity contribution in [2.75, 3.05) is 6.61 Å². The largest absolute Gasteiger partial charge is 0.394 e. The van der Waals surface area contributed by atoms with Crippen molar-refractivity contribution in [2.45, 2.75) is 30.6 Å². The van der Waals surface area contributed by atoms with E-state index in [2.05, 4.69) is 0 Å². The maximum absolute atomic E-state index is 9.20. The lowest BCUT2D eigenvalue weighted by Crippen LogP contribution is -2.61. The summed E-state index contributed by atoms with van der Waals surface area (Å²) in [5, 5.41) is 36.1. The van der Waals surface area contributed by atoms with Crippen LogP contribution in [0.3, 0.4) is 0 Å². The van der Waals surface area contributed by atoms with Gasteiger partial charge in [0.05, 0.1) is 12.6 Å². The van der Waals surface area contributed by atoms with Crippen molar-refractivity contribution in [3.8, 4) is 0 Å². The molecule has 19 heavy (non-hydrogen) atoms. The van der Waals surface area contributed by atoms with Crippen LogP contribution in [0.2, 0.25) is 0 Å². The van der Waals surface area contributed by atoms with E-state index < -0.39 is 47.6 Å². The molecule has 0 spiro atoms. The zero-order chi connectivity index (χ0) is 13.8. The van der Waals surface area contributed by atoms with Gasteiger partial charge in [0.1, 0.15) is 18.3 Å². The Morgan fingerprint density at radius 3 is 1.74 bits per heavy atom. The van der Waals surface area contributed by atoms with Crippen LogP contribution in [0.1, 0.15) is 0 Å². The van der Waals surface area contributed by atoms with Crippen LogP contribution in [-0.4, -0.2) is 75.2 Å². The summed E-state index contributed by atoms with van der Waals surface area (Å²) < 4.78 is 36.3. The molecule has 1 fully saturated rings. The van der Waals surface area contributed by atoms with Gasteiger partial charge in [0, 0.05) is 0 Å². The van der Waals surface area contributed by atoms with E-state index in [1.807, 2.05) is 0 Å². The van der Waals surface area contributed by atoms with Crippen molar-refractivity contribution in [3.63, 3.8) is 0 Å². The number of rotatable bonds is 1. The van der Waals surface area contributed by atoms with Gasteiger partial charge in [0.25, 0.3) is 0 Å². The number of aliphatic hydroxyl groups excluding tert-OH is 4. The first-order valence-electron chi connectivity index (χ1n) is 4.34. The summed E-state index contributed by atoms with van der Waals surface area (Å²) in [6.07, 6.45) is -4.85. The number of hydrogen-bond acceptors (Lipinski definition) is 10. The highest BCUT2D eigenvalue weighted by Gasteiger charge is 2.41. The Labute approximate surface area is 109 Å². The summed E-state index contributed by atoms with van der Waals surface area (Å²) in [5.41, 5.74) is 5.26. The predicted molar refractivity (Wildman–Crippen MR) is 62.2 cm³/mol. The van der Waals surface area contributed by atoms with Gasteiger partial charge in [-0.3, -0.25) is 9.11 Å². The van der Waals surface area contributed by atoms with Gasteiger partial charge in [-0.25, -0.2) is 0 Å². The minimum atomic E-state index is -4.67. The highest BCUT2D eigenvalue weighted by atomic mass is 32.3. The lowest BCUT2D eigenvalue weighted by atomic mass is 9.98. The third-order valence-corrected chi connectivity index (χ3v) is 1.95. The SMILES string of the molecule is N.N.N[C@H]1C(O)O[C@H](CO)[C@@H](O)[C@@H]1O.O=S(=O)(O)O. The molecule has 1 rings (SSSR count). The monoisotopic (exact) mass is 311 g/mol. The molecule has 14 N–H and O–H groups in total. The molecule has 1 unspecified atom stereocenters. The van der Waals surface area contributed by atoms with E-state index in [9.17, 15) is 10.2 Å². The van der Waals surface area contributed by atoms with Crippen LogP contribution < -0.4 is 18.0 Å². The van der Waals surface area contributed by atoms with E-state index >= 15 is 0 Å². The first kappa shape index (κ1) is 23.6. The van der Waals surface area contributed by atoms with Crippen molar-refractivity contribution in [3.05, 3.63) is 0 Å². The summed E-state index contributed by atoms with van der Waals surface area (Å²) in [6.45, 7) is -0.470. The van der Waals surface area contributed by atoms with Crippen LogP contribution in [0.4, 0.5) is 0 Å². The smallest absolute Gasteiger partial charge is 0.394 e. The van der Waals surface area contributed by atoms with E-state index in [4.69, 9.17) is 38.2 Å². The molecular weight excluding hydrogens is 290 g/mol. The molecule has 0 aromatic rings. The average molecular weight is 311 g/mol. The van der Waals surface area contributed by atoms with E-state index in [1.54, 1.807) is 0 Å². The first-order chi connectivity index (χ1) is 7.57. The van der Waals surface area contributed by atoms with Crippen LogP contribution in [0.25, 0.3) is 0 Å². The summed E-state index contributed by atoms with van der Waals surface area (Å²) in [4.78, 5) is 0. The second kappa shape index (κ2) is 9.45. The molecule has 120 valence electrons. The maximum atomic E-state index is 9.20. The van der Waals surface area contributed by atoms with Gasteiger partial charge in [0.15, 0.2) is 6.29 Å². The van der Waals surface area contributed by atoms with Gasteiger partial charge in [-0.2, -0.15) is 8.42 Å². The van der Waals surface area contributed by atoms with Crippen molar-refractivity contribution >= 4 is 10.4 Å². The van der Waals surface area contributed by atoms with Crippen molar-refractivity contribution in [1.82, 2.24) is 12.3 Å². The second-order valence-corrected chi connectivity index (χ2v) is 4.15. The molecule has 0 aliphatic carbocycles. The Bertz CT molecular complexity index is 313. The number of nitrogens with two attached hydrogens (primary N) is 1. The van der Waals surface area contributed by atoms with Crippen LogP contribution >= 0.6 is 0 Å². The van der Waals surface area contributed by atoms with Crippen molar-refractivity contribution in [1.29, 1.82) is 0 Å². The van der Waals surface area contributed by atoms with E-state index in [0.29, 0.717) is 0 Å². The molecule has 0 aromatic heterocycles. The number of hydrogen-bond donors (Lipinski definition) is 9. The van der Waals surface area contributed by atoms with Crippen molar-refractivity contribution < 1.29 is 42.7 Å². The molecule has 13 heteroatoms. The van der Waals surface area contributed by atoms with E-state index in [1.165, 1.54) is 0 Å². The molecule has 0 amide bonds.